The molecular formula is C13H13N5. The Bertz CT molecular complexity index is 640. The number of pyridine rings is 1. The van der Waals surface area contributed by atoms with Crippen LogP contribution in [0, 0.1) is 12.3 Å². The van der Waals surface area contributed by atoms with Crippen molar-refractivity contribution in [3.8, 4) is 12.3 Å². The molecule has 5 nitrogen and oxygen atoms in total. The summed E-state index contributed by atoms with van der Waals surface area (Å²) in [7, 11) is 0. The number of hydrogen-bond acceptors (Lipinski definition) is 5. The Balaban J connectivity index is 2.09. The molecule has 0 radical (unpaired) electrons. The molecule has 1 aliphatic carbocycles. The van der Waals surface area contributed by atoms with E-state index in [0.717, 1.165) is 18.4 Å². The number of nitrogens with two attached hydrogens (primary N) is 1. The highest BCUT2D eigenvalue weighted by molar-refractivity contribution is 5.86. The van der Waals surface area contributed by atoms with Gasteiger partial charge in [-0.15, -0.1) is 6.42 Å². The lowest BCUT2D eigenvalue weighted by Crippen LogP contribution is -2.27. The second kappa shape index (κ2) is 4.15. The molecule has 0 bridgehead atoms. The fourth-order valence-corrected chi connectivity index (χ4v) is 1.96. The third kappa shape index (κ3) is 1.82. The molecule has 3 rings (SSSR count). The fourth-order valence-electron chi connectivity index (χ4n) is 1.96. The van der Waals surface area contributed by atoms with Crippen LogP contribution in [-0.2, 0) is 0 Å². The van der Waals surface area contributed by atoms with E-state index in [0.29, 0.717) is 22.9 Å². The van der Waals surface area contributed by atoms with E-state index >= 15 is 0 Å². The molecule has 1 saturated carbocycles. The largest absolute Gasteiger partial charge is 0.368 e. The normalized spacial score (nSPS) is 15.1. The van der Waals surface area contributed by atoms with Crippen LogP contribution in [0.4, 0.5) is 11.8 Å². The first-order valence-corrected chi connectivity index (χ1v) is 5.92. The second-order valence-corrected chi connectivity index (χ2v) is 4.44. The molecule has 2 aromatic heterocycles. The Morgan fingerprint density at radius 3 is 2.89 bits per heavy atom. The third-order valence-electron chi connectivity index (χ3n) is 3.17. The van der Waals surface area contributed by atoms with E-state index in [4.69, 9.17) is 12.2 Å². The predicted molar refractivity (Wildman–Crippen MR) is 70.9 cm³/mol. The van der Waals surface area contributed by atoms with Crippen molar-refractivity contribution in [3.05, 3.63) is 17.8 Å². The highest BCUT2D eigenvalue weighted by Crippen LogP contribution is 2.26. The maximum Gasteiger partial charge on any atom is 0.222 e. The number of aromatic nitrogens is 3. The quantitative estimate of drug-likeness (QED) is 0.777. The number of fused-ring (bicyclic) bond motifs is 1. The zero-order valence-electron chi connectivity index (χ0n) is 9.85. The molecule has 0 unspecified atom stereocenters. The van der Waals surface area contributed by atoms with E-state index < -0.39 is 0 Å². The average Bonchev–Trinajstić information content (AvgIpc) is 2.32. The van der Waals surface area contributed by atoms with Gasteiger partial charge in [0.25, 0.3) is 0 Å². The summed E-state index contributed by atoms with van der Waals surface area (Å²) < 4.78 is 0. The van der Waals surface area contributed by atoms with Crippen LogP contribution in [0.1, 0.15) is 24.8 Å². The van der Waals surface area contributed by atoms with Crippen LogP contribution in [0.15, 0.2) is 12.3 Å². The lowest BCUT2D eigenvalue weighted by atomic mass is 9.93. The number of rotatable bonds is 2. The standard InChI is InChI=1S/C13H13N5/c1-2-8-6-10-11(15-7-8)12(18-13(14)17-10)16-9-4-3-5-9/h1,6-7,9H,3-5H2,(H3,14,16,17,18). The highest BCUT2D eigenvalue weighted by atomic mass is 15.1. The SMILES string of the molecule is C#Cc1cnc2c(NC3CCC3)nc(N)nc2c1. The summed E-state index contributed by atoms with van der Waals surface area (Å²) in [6.45, 7) is 0. The molecule has 3 N–H and O–H groups in total. The van der Waals surface area contributed by atoms with Crippen molar-refractivity contribution in [3.63, 3.8) is 0 Å². The molecule has 1 fully saturated rings. The zero-order chi connectivity index (χ0) is 12.5. The van der Waals surface area contributed by atoms with Crippen molar-refractivity contribution >= 4 is 22.8 Å². The Labute approximate surface area is 105 Å². The molecule has 0 saturated heterocycles. The van der Waals surface area contributed by atoms with Gasteiger partial charge >= 0.3 is 0 Å². The predicted octanol–water partition coefficient (Wildman–Crippen LogP) is 1.55. The number of terminal acetylenes is 1. The molecule has 1 aliphatic rings. The number of nitrogens with zero attached hydrogens (tertiary/aromatic N) is 3. The molecule has 90 valence electrons. The molecule has 0 spiro atoms. The Kier molecular flexibility index (Phi) is 2.49. The first-order valence-electron chi connectivity index (χ1n) is 5.92. The van der Waals surface area contributed by atoms with Gasteiger partial charge in [-0.25, -0.2) is 9.97 Å². The van der Waals surface area contributed by atoms with Crippen molar-refractivity contribution in [2.45, 2.75) is 25.3 Å². The van der Waals surface area contributed by atoms with E-state index in [-0.39, 0.29) is 5.95 Å². The molecule has 5 heteroatoms. The van der Waals surface area contributed by atoms with Gasteiger partial charge in [0, 0.05) is 17.8 Å². The van der Waals surface area contributed by atoms with E-state index in [2.05, 4.69) is 26.2 Å². The van der Waals surface area contributed by atoms with Gasteiger partial charge in [0.15, 0.2) is 5.82 Å². The van der Waals surface area contributed by atoms with E-state index in [1.165, 1.54) is 6.42 Å². The number of nitrogens with one attached hydrogen (secondary N) is 1. The zero-order valence-corrected chi connectivity index (χ0v) is 9.85. The van der Waals surface area contributed by atoms with Gasteiger partial charge in [-0.3, -0.25) is 0 Å². The lowest BCUT2D eigenvalue weighted by Gasteiger charge is -2.27. The smallest absolute Gasteiger partial charge is 0.222 e. The fraction of sp³-hybridized carbons (Fsp3) is 0.308. The monoisotopic (exact) mass is 239 g/mol. The summed E-state index contributed by atoms with van der Waals surface area (Å²) in [6, 6.07) is 2.27. The summed E-state index contributed by atoms with van der Waals surface area (Å²) >= 11 is 0. The molecule has 0 aliphatic heterocycles. The molecule has 0 amide bonds. The van der Waals surface area contributed by atoms with Crippen LogP contribution in [-0.4, -0.2) is 21.0 Å². The maximum atomic E-state index is 5.71. The van der Waals surface area contributed by atoms with Crippen LogP contribution < -0.4 is 11.1 Å². The number of hydrogen-bond donors (Lipinski definition) is 2. The van der Waals surface area contributed by atoms with Crippen LogP contribution in [0.2, 0.25) is 0 Å². The van der Waals surface area contributed by atoms with Crippen LogP contribution in [0.3, 0.4) is 0 Å². The summed E-state index contributed by atoms with van der Waals surface area (Å²) in [5.41, 5.74) is 7.80. The Morgan fingerprint density at radius 2 is 2.22 bits per heavy atom. The van der Waals surface area contributed by atoms with Crippen molar-refractivity contribution in [2.24, 2.45) is 0 Å². The summed E-state index contributed by atoms with van der Waals surface area (Å²) in [4.78, 5) is 12.7. The van der Waals surface area contributed by atoms with Crippen molar-refractivity contribution in [2.75, 3.05) is 11.1 Å². The van der Waals surface area contributed by atoms with E-state index in [1.807, 2.05) is 0 Å². The van der Waals surface area contributed by atoms with Crippen molar-refractivity contribution in [1.29, 1.82) is 0 Å². The Hall–Kier alpha value is -2.35. The minimum absolute atomic E-state index is 0.236. The van der Waals surface area contributed by atoms with Crippen molar-refractivity contribution < 1.29 is 0 Å². The molecule has 2 aromatic rings. The summed E-state index contributed by atoms with van der Waals surface area (Å²) in [5, 5.41) is 3.35. The first-order chi connectivity index (χ1) is 8.76. The molecule has 2 heterocycles. The molecule has 0 atom stereocenters. The number of nitrogen functional groups attached to an aromatic ring is 1. The topological polar surface area (TPSA) is 76.7 Å². The van der Waals surface area contributed by atoms with Gasteiger partial charge < -0.3 is 11.1 Å². The minimum Gasteiger partial charge on any atom is -0.368 e. The van der Waals surface area contributed by atoms with Gasteiger partial charge in [-0.1, -0.05) is 5.92 Å². The lowest BCUT2D eigenvalue weighted by molar-refractivity contribution is 0.445. The third-order valence-corrected chi connectivity index (χ3v) is 3.17. The molecule has 18 heavy (non-hydrogen) atoms. The van der Waals surface area contributed by atoms with Crippen LogP contribution >= 0.6 is 0 Å². The highest BCUT2D eigenvalue weighted by Gasteiger charge is 2.19. The average molecular weight is 239 g/mol. The number of anilines is 2. The van der Waals surface area contributed by atoms with Gasteiger partial charge in [0.05, 0.1) is 5.52 Å². The van der Waals surface area contributed by atoms with Gasteiger partial charge in [0.1, 0.15) is 5.52 Å². The molecule has 0 aromatic carbocycles. The minimum atomic E-state index is 0.236. The second-order valence-electron chi connectivity index (χ2n) is 4.44. The van der Waals surface area contributed by atoms with Gasteiger partial charge in [0.2, 0.25) is 5.95 Å². The maximum absolute atomic E-state index is 5.71. The Morgan fingerprint density at radius 1 is 1.39 bits per heavy atom. The van der Waals surface area contributed by atoms with Crippen LogP contribution in [0.5, 0.6) is 0 Å². The summed E-state index contributed by atoms with van der Waals surface area (Å²) in [6.07, 6.45) is 10.6. The van der Waals surface area contributed by atoms with E-state index in [9.17, 15) is 0 Å². The summed E-state index contributed by atoms with van der Waals surface area (Å²) in [5.74, 6) is 3.47. The van der Waals surface area contributed by atoms with E-state index in [1.54, 1.807) is 12.3 Å². The van der Waals surface area contributed by atoms with Crippen molar-refractivity contribution in [1.82, 2.24) is 15.0 Å². The first kappa shape index (κ1) is 10.8. The van der Waals surface area contributed by atoms with Gasteiger partial charge in [-0.05, 0) is 25.3 Å². The molecular weight excluding hydrogens is 226 g/mol. The van der Waals surface area contributed by atoms with Gasteiger partial charge in [-0.2, -0.15) is 4.98 Å². The van der Waals surface area contributed by atoms with Crippen LogP contribution in [0.25, 0.3) is 11.0 Å².